The highest BCUT2D eigenvalue weighted by Gasteiger charge is 2.18. The summed E-state index contributed by atoms with van der Waals surface area (Å²) in [5, 5.41) is 27.4. The summed E-state index contributed by atoms with van der Waals surface area (Å²) >= 11 is 5.85. The summed E-state index contributed by atoms with van der Waals surface area (Å²) in [5.41, 5.74) is 2.66. The number of nitrogens with zero attached hydrogens (tertiary/aromatic N) is 2. The van der Waals surface area contributed by atoms with E-state index in [4.69, 9.17) is 11.6 Å². The van der Waals surface area contributed by atoms with Gasteiger partial charge in [0.2, 0.25) is 5.75 Å². The van der Waals surface area contributed by atoms with E-state index in [9.17, 15) is 24.8 Å². The predicted octanol–water partition coefficient (Wildman–Crippen LogP) is 4.43. The molecule has 10 heteroatoms. The van der Waals surface area contributed by atoms with Crippen LogP contribution in [0.25, 0.3) is 6.08 Å². The summed E-state index contributed by atoms with van der Waals surface area (Å²) in [6.07, 6.45) is 5.74. The fourth-order valence-corrected chi connectivity index (χ4v) is 3.06. The standard InChI is InChI=1S/C25H19ClN4O5/c26-20-14-19(23(31)22(15-20)30(34)35)16-27-29-25(33)21(13-7-10-17-8-3-1-4-9-17)28-24(32)18-11-5-2-6-12-18/h1-16,31H,(H,28,32)(H,29,33)/b10-7+,21-13-,27-16+. The minimum absolute atomic E-state index is 0.00374. The van der Waals surface area contributed by atoms with Crippen LogP contribution < -0.4 is 10.7 Å². The molecule has 0 aromatic heterocycles. The molecule has 3 N–H and O–H groups in total. The Hall–Kier alpha value is -4.76. The number of amides is 2. The second-order valence-corrected chi connectivity index (χ2v) is 7.43. The van der Waals surface area contributed by atoms with Crippen molar-refractivity contribution in [3.8, 4) is 5.75 Å². The van der Waals surface area contributed by atoms with Gasteiger partial charge in [-0.05, 0) is 29.8 Å². The van der Waals surface area contributed by atoms with Gasteiger partial charge in [-0.1, -0.05) is 72.3 Å². The van der Waals surface area contributed by atoms with Gasteiger partial charge in [-0.3, -0.25) is 19.7 Å². The minimum Gasteiger partial charge on any atom is -0.502 e. The molecule has 0 fully saturated rings. The van der Waals surface area contributed by atoms with Gasteiger partial charge in [0, 0.05) is 22.2 Å². The van der Waals surface area contributed by atoms with Crippen molar-refractivity contribution >= 4 is 41.4 Å². The lowest BCUT2D eigenvalue weighted by molar-refractivity contribution is -0.385. The first-order chi connectivity index (χ1) is 16.8. The topological polar surface area (TPSA) is 134 Å². The SMILES string of the molecule is O=C(N/N=C/c1cc(Cl)cc([N+](=O)[O-])c1O)/C(=C/C=C/c1ccccc1)NC(=O)c1ccccc1. The second kappa shape index (κ2) is 11.9. The van der Waals surface area contributed by atoms with Crippen LogP contribution in [-0.4, -0.2) is 28.1 Å². The molecular formula is C25H19ClN4O5. The number of nitro benzene ring substituents is 1. The van der Waals surface area contributed by atoms with E-state index in [1.165, 1.54) is 12.1 Å². The van der Waals surface area contributed by atoms with E-state index in [2.05, 4.69) is 15.8 Å². The Kier molecular flexibility index (Phi) is 8.47. The minimum atomic E-state index is -0.795. The first kappa shape index (κ1) is 24.9. The van der Waals surface area contributed by atoms with E-state index < -0.39 is 28.2 Å². The molecule has 0 saturated carbocycles. The zero-order valence-corrected chi connectivity index (χ0v) is 18.8. The van der Waals surface area contributed by atoms with Gasteiger partial charge in [-0.25, -0.2) is 5.43 Å². The number of carbonyl (C=O) groups excluding carboxylic acids is 2. The quantitative estimate of drug-likeness (QED) is 0.141. The maximum atomic E-state index is 12.7. The molecule has 0 atom stereocenters. The molecule has 0 heterocycles. The molecule has 0 aliphatic rings. The van der Waals surface area contributed by atoms with Gasteiger partial charge in [-0.15, -0.1) is 0 Å². The van der Waals surface area contributed by atoms with Gasteiger partial charge in [0.05, 0.1) is 11.1 Å². The summed E-state index contributed by atoms with van der Waals surface area (Å²) < 4.78 is 0. The van der Waals surface area contributed by atoms with E-state index in [1.807, 2.05) is 30.3 Å². The number of rotatable bonds is 8. The number of hydrogen-bond donors (Lipinski definition) is 3. The van der Waals surface area contributed by atoms with E-state index >= 15 is 0 Å². The highest BCUT2D eigenvalue weighted by Crippen LogP contribution is 2.32. The van der Waals surface area contributed by atoms with E-state index in [1.54, 1.807) is 42.5 Å². The van der Waals surface area contributed by atoms with E-state index in [-0.39, 0.29) is 16.3 Å². The highest BCUT2D eigenvalue weighted by atomic mass is 35.5. The highest BCUT2D eigenvalue weighted by molar-refractivity contribution is 6.31. The Morgan fingerprint density at radius 1 is 1.03 bits per heavy atom. The molecule has 0 aliphatic carbocycles. The van der Waals surface area contributed by atoms with Crippen LogP contribution in [0, 0.1) is 10.1 Å². The third kappa shape index (κ3) is 7.11. The average Bonchev–Trinajstić information content (AvgIpc) is 2.86. The second-order valence-electron chi connectivity index (χ2n) is 6.99. The Balaban J connectivity index is 1.81. The average molecular weight is 491 g/mol. The lowest BCUT2D eigenvalue weighted by atomic mass is 10.2. The zero-order chi connectivity index (χ0) is 25.2. The maximum absolute atomic E-state index is 12.7. The molecular weight excluding hydrogens is 472 g/mol. The van der Waals surface area contributed by atoms with Crippen molar-refractivity contribution in [2.45, 2.75) is 0 Å². The van der Waals surface area contributed by atoms with Crippen molar-refractivity contribution in [2.24, 2.45) is 5.10 Å². The number of halogens is 1. The van der Waals surface area contributed by atoms with Crippen LogP contribution in [0.4, 0.5) is 5.69 Å². The van der Waals surface area contributed by atoms with Crippen LogP contribution in [0.5, 0.6) is 5.75 Å². The lowest BCUT2D eigenvalue weighted by Crippen LogP contribution is -2.32. The fourth-order valence-electron chi connectivity index (χ4n) is 2.84. The number of phenols is 1. The van der Waals surface area contributed by atoms with Crippen LogP contribution in [-0.2, 0) is 4.79 Å². The summed E-state index contributed by atoms with van der Waals surface area (Å²) in [6.45, 7) is 0. The monoisotopic (exact) mass is 490 g/mol. The molecule has 176 valence electrons. The molecule has 35 heavy (non-hydrogen) atoms. The molecule has 0 aliphatic heterocycles. The third-order valence-electron chi connectivity index (χ3n) is 4.53. The Bertz CT molecular complexity index is 1320. The van der Waals surface area contributed by atoms with Gasteiger partial charge in [-0.2, -0.15) is 5.10 Å². The lowest BCUT2D eigenvalue weighted by Gasteiger charge is -2.08. The summed E-state index contributed by atoms with van der Waals surface area (Å²) in [6, 6.07) is 19.9. The van der Waals surface area contributed by atoms with Crippen molar-refractivity contribution < 1.29 is 19.6 Å². The molecule has 3 aromatic carbocycles. The van der Waals surface area contributed by atoms with Crippen molar-refractivity contribution in [3.05, 3.63) is 122 Å². The number of benzene rings is 3. The molecule has 0 bridgehead atoms. The van der Waals surface area contributed by atoms with Gasteiger partial charge < -0.3 is 10.4 Å². The zero-order valence-electron chi connectivity index (χ0n) is 18.1. The van der Waals surface area contributed by atoms with Gasteiger partial charge in [0.1, 0.15) is 5.70 Å². The Morgan fingerprint density at radius 2 is 1.69 bits per heavy atom. The molecule has 2 amide bonds. The molecule has 9 nitrogen and oxygen atoms in total. The number of aromatic hydroxyl groups is 1. The van der Waals surface area contributed by atoms with Crippen LogP contribution in [0.2, 0.25) is 5.02 Å². The van der Waals surface area contributed by atoms with Crippen LogP contribution in [0.1, 0.15) is 21.5 Å². The summed E-state index contributed by atoms with van der Waals surface area (Å²) in [5.74, 6) is -1.93. The molecule has 3 rings (SSSR count). The third-order valence-corrected chi connectivity index (χ3v) is 4.75. The van der Waals surface area contributed by atoms with Crippen molar-refractivity contribution in [3.63, 3.8) is 0 Å². The normalized spacial score (nSPS) is 11.5. The van der Waals surface area contributed by atoms with Crippen molar-refractivity contribution in [1.82, 2.24) is 10.7 Å². The maximum Gasteiger partial charge on any atom is 0.312 e. The van der Waals surface area contributed by atoms with Crippen molar-refractivity contribution in [1.29, 1.82) is 0 Å². The van der Waals surface area contributed by atoms with Crippen LogP contribution in [0.15, 0.2) is 95.7 Å². The van der Waals surface area contributed by atoms with Crippen LogP contribution >= 0.6 is 11.6 Å². The first-order valence-electron chi connectivity index (χ1n) is 10.2. The van der Waals surface area contributed by atoms with Gasteiger partial charge >= 0.3 is 5.69 Å². The number of allylic oxidation sites excluding steroid dienone is 2. The molecule has 0 radical (unpaired) electrons. The number of hydrogen-bond acceptors (Lipinski definition) is 6. The number of hydrazone groups is 1. The number of nitro groups is 1. The molecule has 0 unspecified atom stereocenters. The Morgan fingerprint density at radius 3 is 2.34 bits per heavy atom. The van der Waals surface area contributed by atoms with Gasteiger partial charge in [0.25, 0.3) is 11.8 Å². The molecule has 0 spiro atoms. The number of carbonyl (C=O) groups is 2. The Labute approximate surface area is 205 Å². The predicted molar refractivity (Wildman–Crippen MR) is 133 cm³/mol. The van der Waals surface area contributed by atoms with Gasteiger partial charge in [0.15, 0.2) is 0 Å². The summed E-state index contributed by atoms with van der Waals surface area (Å²) in [4.78, 5) is 35.5. The largest absolute Gasteiger partial charge is 0.502 e. The molecule has 0 saturated heterocycles. The summed E-state index contributed by atoms with van der Waals surface area (Å²) in [7, 11) is 0. The fraction of sp³-hybridized carbons (Fsp3) is 0. The molecule has 3 aromatic rings. The van der Waals surface area contributed by atoms with E-state index in [0.717, 1.165) is 17.8 Å². The van der Waals surface area contributed by atoms with Crippen molar-refractivity contribution in [2.75, 3.05) is 0 Å². The van der Waals surface area contributed by atoms with E-state index in [0.29, 0.717) is 5.56 Å². The smallest absolute Gasteiger partial charge is 0.312 e. The number of phenolic OH excluding ortho intramolecular Hbond substituents is 1. The van der Waals surface area contributed by atoms with Crippen LogP contribution in [0.3, 0.4) is 0 Å². The first-order valence-corrected chi connectivity index (χ1v) is 10.5. The number of nitrogens with one attached hydrogen (secondary N) is 2.